The molecule has 0 aliphatic carbocycles. The zero-order chi connectivity index (χ0) is 8.10. The molecule has 11 heavy (non-hydrogen) atoms. The second kappa shape index (κ2) is 3.69. The fraction of sp³-hybridized carbons (Fsp3) is 0.250. The minimum absolute atomic E-state index is 0.267. The van der Waals surface area contributed by atoms with Gasteiger partial charge in [-0.15, -0.1) is 0 Å². The van der Waals surface area contributed by atoms with Gasteiger partial charge in [0.15, 0.2) is 0 Å². The molecule has 0 aliphatic rings. The normalized spacial score (nSPS) is 12.0. The second-order valence-corrected chi connectivity index (χ2v) is 2.17. The molecule has 0 radical (unpaired) electrons. The topological polar surface area (TPSA) is 62.7 Å². The third-order valence-corrected chi connectivity index (χ3v) is 1.44. The lowest BCUT2D eigenvalue weighted by atomic mass is 10.1. The van der Waals surface area contributed by atoms with Crippen LogP contribution in [-0.2, 0) is 0 Å². The van der Waals surface area contributed by atoms with E-state index in [0.29, 0.717) is 6.54 Å². The minimum Gasteiger partial charge on any atom is -0.329 e. The quantitative estimate of drug-likeness (QED) is 0.668. The van der Waals surface area contributed by atoms with Crippen LogP contribution in [0.3, 0.4) is 0 Å². The van der Waals surface area contributed by atoms with E-state index < -0.39 is 0 Å². The molecule has 0 bridgehead atoms. The van der Waals surface area contributed by atoms with Crippen molar-refractivity contribution in [2.45, 2.75) is 5.92 Å². The molecule has 0 aromatic carbocycles. The van der Waals surface area contributed by atoms with Gasteiger partial charge in [-0.3, -0.25) is 4.98 Å². The average molecular weight is 147 g/mol. The summed E-state index contributed by atoms with van der Waals surface area (Å²) in [6, 6.07) is 7.55. The number of nitrogens with zero attached hydrogens (tertiary/aromatic N) is 2. The summed E-state index contributed by atoms with van der Waals surface area (Å²) in [6.07, 6.45) is 1.66. The molecular formula is C8H9N3. The van der Waals surface area contributed by atoms with Crippen LogP contribution < -0.4 is 5.73 Å². The number of hydrogen-bond acceptors (Lipinski definition) is 3. The van der Waals surface area contributed by atoms with Gasteiger partial charge in [0.2, 0.25) is 0 Å². The molecule has 0 spiro atoms. The van der Waals surface area contributed by atoms with E-state index in [-0.39, 0.29) is 5.92 Å². The first-order chi connectivity index (χ1) is 5.38. The number of nitriles is 1. The maximum atomic E-state index is 8.61. The zero-order valence-electron chi connectivity index (χ0n) is 6.07. The van der Waals surface area contributed by atoms with Gasteiger partial charge in [0.05, 0.1) is 11.8 Å². The largest absolute Gasteiger partial charge is 0.329 e. The summed E-state index contributed by atoms with van der Waals surface area (Å²) in [6.45, 7) is 0.327. The Morgan fingerprint density at radius 3 is 2.91 bits per heavy atom. The molecule has 56 valence electrons. The van der Waals surface area contributed by atoms with Crippen molar-refractivity contribution in [3.8, 4) is 6.07 Å². The Balaban J connectivity index is 2.85. The maximum Gasteiger partial charge on any atom is 0.101 e. The molecule has 1 rings (SSSR count). The second-order valence-electron chi connectivity index (χ2n) is 2.17. The van der Waals surface area contributed by atoms with Crippen LogP contribution in [0.4, 0.5) is 0 Å². The van der Waals surface area contributed by atoms with Crippen LogP contribution in [0.15, 0.2) is 24.4 Å². The highest BCUT2D eigenvalue weighted by Crippen LogP contribution is 2.08. The highest BCUT2D eigenvalue weighted by Gasteiger charge is 2.07. The summed E-state index contributed by atoms with van der Waals surface area (Å²) >= 11 is 0. The Morgan fingerprint density at radius 1 is 1.64 bits per heavy atom. The van der Waals surface area contributed by atoms with Crippen molar-refractivity contribution in [3.05, 3.63) is 30.1 Å². The Morgan fingerprint density at radius 2 is 2.45 bits per heavy atom. The SMILES string of the molecule is N#CC(CN)c1ccccn1. The molecule has 3 heteroatoms. The molecule has 0 saturated carbocycles. The summed E-state index contributed by atoms with van der Waals surface area (Å²) in [7, 11) is 0. The van der Waals surface area contributed by atoms with E-state index >= 15 is 0 Å². The first kappa shape index (κ1) is 7.70. The van der Waals surface area contributed by atoms with E-state index in [4.69, 9.17) is 11.0 Å². The Kier molecular flexibility index (Phi) is 2.59. The summed E-state index contributed by atoms with van der Waals surface area (Å²) < 4.78 is 0. The van der Waals surface area contributed by atoms with Crippen molar-refractivity contribution >= 4 is 0 Å². The molecule has 0 amide bonds. The van der Waals surface area contributed by atoms with Crippen LogP contribution in [0.2, 0.25) is 0 Å². The van der Waals surface area contributed by atoms with Crippen LogP contribution in [0.1, 0.15) is 11.6 Å². The standard InChI is InChI=1S/C8H9N3/c9-5-7(6-10)8-3-1-2-4-11-8/h1-4,7H,5,9H2. The fourth-order valence-electron chi connectivity index (χ4n) is 0.822. The number of rotatable bonds is 2. The van der Waals surface area contributed by atoms with Gasteiger partial charge < -0.3 is 5.73 Å². The predicted octanol–water partition coefficient (Wildman–Crippen LogP) is 0.647. The molecular weight excluding hydrogens is 138 g/mol. The van der Waals surface area contributed by atoms with Crippen LogP contribution in [-0.4, -0.2) is 11.5 Å². The van der Waals surface area contributed by atoms with Crippen molar-refractivity contribution in [2.24, 2.45) is 5.73 Å². The number of nitrogens with two attached hydrogens (primary N) is 1. The lowest BCUT2D eigenvalue weighted by molar-refractivity contribution is 0.827. The molecule has 1 unspecified atom stereocenters. The first-order valence-electron chi connectivity index (χ1n) is 3.39. The van der Waals surface area contributed by atoms with Crippen molar-refractivity contribution in [1.82, 2.24) is 4.98 Å². The lowest BCUT2D eigenvalue weighted by Crippen LogP contribution is -2.11. The third-order valence-electron chi connectivity index (χ3n) is 1.44. The van der Waals surface area contributed by atoms with Gasteiger partial charge in [0.1, 0.15) is 5.92 Å². The number of aromatic nitrogens is 1. The Labute approximate surface area is 65.5 Å². The predicted molar refractivity (Wildman–Crippen MR) is 41.6 cm³/mol. The molecule has 1 aromatic rings. The van der Waals surface area contributed by atoms with Gasteiger partial charge in [-0.25, -0.2) is 0 Å². The molecule has 1 atom stereocenters. The van der Waals surface area contributed by atoms with E-state index in [1.807, 2.05) is 12.1 Å². The van der Waals surface area contributed by atoms with Gasteiger partial charge in [0.25, 0.3) is 0 Å². The Hall–Kier alpha value is -1.40. The molecule has 1 aromatic heterocycles. The monoisotopic (exact) mass is 147 g/mol. The van der Waals surface area contributed by atoms with Gasteiger partial charge in [-0.1, -0.05) is 6.07 Å². The summed E-state index contributed by atoms with van der Waals surface area (Å²) in [5.74, 6) is -0.267. The van der Waals surface area contributed by atoms with E-state index in [1.54, 1.807) is 12.3 Å². The highest BCUT2D eigenvalue weighted by atomic mass is 14.7. The van der Waals surface area contributed by atoms with Crippen molar-refractivity contribution < 1.29 is 0 Å². The van der Waals surface area contributed by atoms with Crippen LogP contribution in [0, 0.1) is 11.3 Å². The molecule has 2 N–H and O–H groups in total. The molecule has 3 nitrogen and oxygen atoms in total. The summed E-state index contributed by atoms with van der Waals surface area (Å²) in [4.78, 5) is 4.02. The van der Waals surface area contributed by atoms with Gasteiger partial charge in [-0.05, 0) is 12.1 Å². The van der Waals surface area contributed by atoms with E-state index in [0.717, 1.165) is 5.69 Å². The van der Waals surface area contributed by atoms with Crippen LogP contribution in [0.5, 0.6) is 0 Å². The number of pyridine rings is 1. The molecule has 0 saturated heterocycles. The van der Waals surface area contributed by atoms with Crippen molar-refractivity contribution in [3.63, 3.8) is 0 Å². The van der Waals surface area contributed by atoms with Gasteiger partial charge in [-0.2, -0.15) is 5.26 Å². The van der Waals surface area contributed by atoms with E-state index in [1.165, 1.54) is 0 Å². The van der Waals surface area contributed by atoms with E-state index in [2.05, 4.69) is 11.1 Å². The summed E-state index contributed by atoms with van der Waals surface area (Å²) in [5, 5.41) is 8.61. The third kappa shape index (κ3) is 1.76. The molecule has 1 heterocycles. The lowest BCUT2D eigenvalue weighted by Gasteiger charge is -2.02. The minimum atomic E-state index is -0.267. The Bertz CT molecular complexity index is 250. The molecule has 0 fully saturated rings. The van der Waals surface area contributed by atoms with E-state index in [9.17, 15) is 0 Å². The first-order valence-corrected chi connectivity index (χ1v) is 3.39. The zero-order valence-corrected chi connectivity index (χ0v) is 6.07. The van der Waals surface area contributed by atoms with Gasteiger partial charge in [0, 0.05) is 12.7 Å². The van der Waals surface area contributed by atoms with Crippen molar-refractivity contribution in [1.29, 1.82) is 5.26 Å². The van der Waals surface area contributed by atoms with Crippen LogP contribution >= 0.6 is 0 Å². The molecule has 0 aliphatic heterocycles. The van der Waals surface area contributed by atoms with Gasteiger partial charge >= 0.3 is 0 Å². The number of hydrogen-bond donors (Lipinski definition) is 1. The highest BCUT2D eigenvalue weighted by molar-refractivity contribution is 5.16. The maximum absolute atomic E-state index is 8.61. The average Bonchev–Trinajstić information content (AvgIpc) is 2.09. The fourth-order valence-corrected chi connectivity index (χ4v) is 0.822. The smallest absolute Gasteiger partial charge is 0.101 e. The van der Waals surface area contributed by atoms with Crippen molar-refractivity contribution in [2.75, 3.05) is 6.54 Å². The summed E-state index contributed by atoms with van der Waals surface area (Å²) in [5.41, 5.74) is 6.10. The van der Waals surface area contributed by atoms with Crippen LogP contribution in [0.25, 0.3) is 0 Å².